The molecule has 0 aliphatic carbocycles. The van der Waals surface area contributed by atoms with Crippen LogP contribution in [0.25, 0.3) is 10.9 Å². The van der Waals surface area contributed by atoms with Gasteiger partial charge in [0.25, 0.3) is 0 Å². The maximum absolute atomic E-state index is 14.4. The van der Waals surface area contributed by atoms with E-state index < -0.39 is 28.8 Å². The van der Waals surface area contributed by atoms with Crippen LogP contribution in [0.3, 0.4) is 0 Å². The second kappa shape index (κ2) is 9.47. The number of nitrogens with zero attached hydrogens (tertiary/aromatic N) is 1. The number of methoxy groups -OCH3 is 2. The molecule has 0 radical (unpaired) electrons. The SMILES string of the molecule is COC[C@@H](CO)n1cc(C(=O)O)c(=O)c2cc(Cc3cccc(Cl)c3F)c(OC)cc21. The Morgan fingerprint density at radius 3 is 2.61 bits per heavy atom. The third-order valence-electron chi connectivity index (χ3n) is 5.04. The molecular formula is C22H21ClFNO6. The van der Waals surface area contributed by atoms with E-state index in [-0.39, 0.29) is 30.0 Å². The van der Waals surface area contributed by atoms with Crippen molar-refractivity contribution >= 4 is 28.5 Å². The molecule has 0 fully saturated rings. The first-order chi connectivity index (χ1) is 14.8. The third kappa shape index (κ3) is 4.41. The number of carboxylic acid groups (broad SMARTS) is 1. The number of aliphatic hydroxyl groups is 1. The van der Waals surface area contributed by atoms with Crippen molar-refractivity contribution < 1.29 is 28.9 Å². The van der Waals surface area contributed by atoms with Crippen LogP contribution in [-0.2, 0) is 11.2 Å². The molecule has 0 bridgehead atoms. The predicted octanol–water partition coefficient (Wildman–Crippen LogP) is 3.27. The number of ether oxygens (including phenoxy) is 2. The Hall–Kier alpha value is -2.94. The molecule has 0 aliphatic heterocycles. The zero-order valence-corrected chi connectivity index (χ0v) is 17.6. The molecule has 2 N–H and O–H groups in total. The van der Waals surface area contributed by atoms with Crippen LogP contribution in [-0.4, -0.2) is 48.2 Å². The summed E-state index contributed by atoms with van der Waals surface area (Å²) in [5, 5.41) is 19.4. The van der Waals surface area contributed by atoms with Gasteiger partial charge < -0.3 is 24.3 Å². The van der Waals surface area contributed by atoms with Gasteiger partial charge in [0.1, 0.15) is 17.1 Å². The molecule has 0 saturated carbocycles. The molecular weight excluding hydrogens is 429 g/mol. The molecule has 7 nitrogen and oxygen atoms in total. The van der Waals surface area contributed by atoms with Crippen molar-refractivity contribution in [3.63, 3.8) is 0 Å². The fourth-order valence-corrected chi connectivity index (χ4v) is 3.70. The Bertz CT molecular complexity index is 1190. The highest BCUT2D eigenvalue weighted by Crippen LogP contribution is 2.30. The number of hydrogen-bond donors (Lipinski definition) is 2. The molecule has 2 aromatic carbocycles. The molecule has 0 saturated heterocycles. The Balaban J connectivity index is 2.29. The van der Waals surface area contributed by atoms with E-state index in [0.717, 1.165) is 0 Å². The van der Waals surface area contributed by atoms with Crippen molar-refractivity contribution in [2.24, 2.45) is 0 Å². The molecule has 3 rings (SSSR count). The number of carboxylic acids is 1. The smallest absolute Gasteiger partial charge is 0.341 e. The van der Waals surface area contributed by atoms with E-state index in [0.29, 0.717) is 22.4 Å². The van der Waals surface area contributed by atoms with Crippen molar-refractivity contribution in [1.82, 2.24) is 4.57 Å². The van der Waals surface area contributed by atoms with Gasteiger partial charge in [0.15, 0.2) is 0 Å². The molecule has 0 unspecified atom stereocenters. The minimum Gasteiger partial charge on any atom is -0.496 e. The number of aliphatic hydroxyl groups excluding tert-OH is 1. The molecule has 0 aliphatic rings. The number of benzene rings is 2. The minimum absolute atomic E-state index is 0.0295. The normalized spacial score (nSPS) is 12.2. The molecule has 0 amide bonds. The minimum atomic E-state index is -1.40. The van der Waals surface area contributed by atoms with Gasteiger partial charge in [-0.2, -0.15) is 0 Å². The molecule has 31 heavy (non-hydrogen) atoms. The van der Waals surface area contributed by atoms with Gasteiger partial charge in [-0.3, -0.25) is 4.79 Å². The summed E-state index contributed by atoms with van der Waals surface area (Å²) in [5.74, 6) is -1.60. The van der Waals surface area contributed by atoms with Gasteiger partial charge in [0.05, 0.1) is 36.9 Å². The first kappa shape index (κ1) is 22.7. The standard InChI is InChI=1S/C22H21ClFNO6/c1-30-11-14(10-26)25-9-16(22(28)29)21(27)15-7-13(19(31-2)8-18(15)25)6-12-4-3-5-17(23)20(12)24/h3-5,7-9,14,26H,6,10-11H2,1-2H3,(H,28,29)/t14-/m1/s1. The topological polar surface area (TPSA) is 98.0 Å². The average Bonchev–Trinajstić information content (AvgIpc) is 2.75. The number of carbonyl (C=O) groups is 1. The zero-order valence-electron chi connectivity index (χ0n) is 16.9. The van der Waals surface area contributed by atoms with Gasteiger partial charge in [0, 0.05) is 31.2 Å². The van der Waals surface area contributed by atoms with E-state index in [1.807, 2.05) is 0 Å². The molecule has 1 atom stereocenters. The highest BCUT2D eigenvalue weighted by Gasteiger charge is 2.21. The first-order valence-corrected chi connectivity index (χ1v) is 9.71. The Morgan fingerprint density at radius 2 is 2.00 bits per heavy atom. The number of pyridine rings is 1. The van der Waals surface area contributed by atoms with Crippen LogP contribution in [0, 0.1) is 5.82 Å². The summed E-state index contributed by atoms with van der Waals surface area (Å²) in [6.45, 7) is -0.256. The summed E-state index contributed by atoms with van der Waals surface area (Å²) in [5.41, 5.74) is -0.00387. The molecule has 3 aromatic rings. The van der Waals surface area contributed by atoms with E-state index in [4.69, 9.17) is 21.1 Å². The lowest BCUT2D eigenvalue weighted by molar-refractivity contribution is 0.0692. The summed E-state index contributed by atoms with van der Waals surface area (Å²) in [6, 6.07) is 7.03. The van der Waals surface area contributed by atoms with Gasteiger partial charge in [-0.05, 0) is 23.3 Å². The van der Waals surface area contributed by atoms with Gasteiger partial charge in [-0.25, -0.2) is 9.18 Å². The number of hydrogen-bond acceptors (Lipinski definition) is 5. The average molecular weight is 450 g/mol. The molecule has 164 valence electrons. The Morgan fingerprint density at radius 1 is 1.26 bits per heavy atom. The van der Waals surface area contributed by atoms with E-state index >= 15 is 0 Å². The summed E-state index contributed by atoms with van der Waals surface area (Å²) in [6.07, 6.45) is 1.26. The monoisotopic (exact) mass is 449 g/mol. The maximum atomic E-state index is 14.4. The van der Waals surface area contributed by atoms with Gasteiger partial charge in [0.2, 0.25) is 5.43 Å². The quantitative estimate of drug-likeness (QED) is 0.547. The van der Waals surface area contributed by atoms with E-state index in [1.54, 1.807) is 18.2 Å². The van der Waals surface area contributed by atoms with Gasteiger partial charge in [-0.15, -0.1) is 0 Å². The van der Waals surface area contributed by atoms with Crippen molar-refractivity contribution in [2.45, 2.75) is 12.5 Å². The van der Waals surface area contributed by atoms with Crippen LogP contribution in [0.5, 0.6) is 5.75 Å². The second-order valence-corrected chi connectivity index (χ2v) is 7.35. The predicted molar refractivity (Wildman–Crippen MR) is 114 cm³/mol. The summed E-state index contributed by atoms with van der Waals surface area (Å²) < 4.78 is 26.5. The summed E-state index contributed by atoms with van der Waals surface area (Å²) in [4.78, 5) is 24.6. The number of fused-ring (bicyclic) bond motifs is 1. The lowest BCUT2D eigenvalue weighted by Crippen LogP contribution is -2.25. The Kier molecular flexibility index (Phi) is 6.94. The maximum Gasteiger partial charge on any atom is 0.341 e. The zero-order chi connectivity index (χ0) is 22.7. The van der Waals surface area contributed by atoms with E-state index in [9.17, 15) is 24.2 Å². The van der Waals surface area contributed by atoms with E-state index in [1.165, 1.54) is 37.1 Å². The number of aromatic carboxylic acids is 1. The molecule has 0 spiro atoms. The Labute approximate surface area is 182 Å². The number of rotatable bonds is 8. The van der Waals surface area contributed by atoms with Crippen LogP contribution in [0.2, 0.25) is 5.02 Å². The van der Waals surface area contributed by atoms with Crippen LogP contribution in [0.4, 0.5) is 4.39 Å². The van der Waals surface area contributed by atoms with Crippen LogP contribution < -0.4 is 10.2 Å². The molecule has 1 heterocycles. The second-order valence-electron chi connectivity index (χ2n) is 6.95. The summed E-state index contributed by atoms with van der Waals surface area (Å²) in [7, 11) is 2.88. The lowest BCUT2D eigenvalue weighted by Gasteiger charge is -2.22. The molecule has 1 aromatic heterocycles. The highest BCUT2D eigenvalue weighted by molar-refractivity contribution is 6.30. The van der Waals surface area contributed by atoms with Crippen molar-refractivity contribution in [3.8, 4) is 5.75 Å². The van der Waals surface area contributed by atoms with Crippen molar-refractivity contribution in [2.75, 3.05) is 27.4 Å². The van der Waals surface area contributed by atoms with Crippen LogP contribution in [0.1, 0.15) is 27.5 Å². The van der Waals surface area contributed by atoms with E-state index in [2.05, 4.69) is 0 Å². The van der Waals surface area contributed by atoms with Gasteiger partial charge >= 0.3 is 5.97 Å². The number of aromatic nitrogens is 1. The lowest BCUT2D eigenvalue weighted by atomic mass is 10.00. The highest BCUT2D eigenvalue weighted by atomic mass is 35.5. The van der Waals surface area contributed by atoms with Crippen molar-refractivity contribution in [1.29, 1.82) is 0 Å². The fourth-order valence-electron chi connectivity index (χ4n) is 3.51. The fraction of sp³-hybridized carbons (Fsp3) is 0.273. The van der Waals surface area contributed by atoms with Gasteiger partial charge in [-0.1, -0.05) is 23.7 Å². The number of halogens is 2. The summed E-state index contributed by atoms with van der Waals surface area (Å²) >= 11 is 5.87. The third-order valence-corrected chi connectivity index (χ3v) is 5.33. The first-order valence-electron chi connectivity index (χ1n) is 9.34. The van der Waals surface area contributed by atoms with Crippen molar-refractivity contribution in [3.05, 3.63) is 74.3 Å². The largest absolute Gasteiger partial charge is 0.496 e. The van der Waals surface area contributed by atoms with Crippen LogP contribution in [0.15, 0.2) is 41.3 Å². The van der Waals surface area contributed by atoms with Crippen LogP contribution >= 0.6 is 11.6 Å². The molecule has 9 heteroatoms.